The van der Waals surface area contributed by atoms with E-state index in [4.69, 9.17) is 21.0 Å². The molecule has 0 saturated carbocycles. The second-order valence-corrected chi connectivity index (χ2v) is 10.4. The molecule has 3 aromatic carbocycles. The minimum atomic E-state index is -4.79. The van der Waals surface area contributed by atoms with E-state index in [9.17, 15) is 30.8 Å². The average molecular weight is 589 g/mol. The molecule has 1 aromatic heterocycles. The number of aliphatic imine (C=N–C) groups is 1. The third-order valence-corrected chi connectivity index (χ3v) is 7.16. The first-order chi connectivity index (χ1) is 19.3. The Labute approximate surface area is 230 Å². The third kappa shape index (κ3) is 5.25. The van der Waals surface area contributed by atoms with E-state index in [1.165, 1.54) is 48.7 Å². The summed E-state index contributed by atoms with van der Waals surface area (Å²) in [5.74, 6) is -0.717. The number of furan rings is 1. The Morgan fingerprint density at radius 3 is 2.37 bits per heavy atom. The van der Waals surface area contributed by atoms with E-state index < -0.39 is 45.5 Å². The van der Waals surface area contributed by atoms with Crippen LogP contribution in [0.5, 0.6) is 0 Å². The maximum atomic E-state index is 14.6. The van der Waals surface area contributed by atoms with Gasteiger partial charge < -0.3 is 20.8 Å². The van der Waals surface area contributed by atoms with Crippen LogP contribution in [0.25, 0.3) is 0 Å². The number of primary sulfonamides is 1. The summed E-state index contributed by atoms with van der Waals surface area (Å²) in [4.78, 5) is 18.8. The molecule has 15 heteroatoms. The second-order valence-electron chi connectivity index (χ2n) is 8.86. The maximum absolute atomic E-state index is 14.6. The number of amides is 2. The molecule has 41 heavy (non-hydrogen) atoms. The number of sulfonamides is 1. The molecule has 1 unspecified atom stereocenters. The van der Waals surface area contributed by atoms with Crippen molar-refractivity contribution in [1.29, 1.82) is 0 Å². The van der Waals surface area contributed by atoms with E-state index in [0.29, 0.717) is 39.9 Å². The fourth-order valence-electron chi connectivity index (χ4n) is 4.35. The summed E-state index contributed by atoms with van der Waals surface area (Å²) in [7, 11) is -4.05. The van der Waals surface area contributed by atoms with Crippen LogP contribution in [0.4, 0.5) is 45.3 Å². The molecule has 0 saturated heterocycles. The van der Waals surface area contributed by atoms with Gasteiger partial charge in [-0.1, -0.05) is 12.1 Å². The Kier molecular flexibility index (Phi) is 6.81. The molecule has 2 heterocycles. The monoisotopic (exact) mass is 588 g/mol. The van der Waals surface area contributed by atoms with Gasteiger partial charge in [0.2, 0.25) is 15.9 Å². The lowest BCUT2D eigenvalue weighted by Gasteiger charge is -2.35. The number of carbonyl (C=O) groups excluding carboxylic acids is 1. The van der Waals surface area contributed by atoms with E-state index in [1.54, 1.807) is 17.0 Å². The van der Waals surface area contributed by atoms with Gasteiger partial charge in [-0.2, -0.15) is 18.2 Å². The van der Waals surface area contributed by atoms with Gasteiger partial charge in [-0.25, -0.2) is 22.7 Å². The number of halogens is 4. The SMILES string of the molecule is NC(=O)N(c1ccc(N2C(c3cccc(S(N)(=O)=O)c3)=Nc3occc3C2N)cc1)c1cc(C(F)(F)F)ccc1F. The zero-order chi connectivity index (χ0) is 29.7. The summed E-state index contributed by atoms with van der Waals surface area (Å²) in [6.45, 7) is 0. The summed E-state index contributed by atoms with van der Waals surface area (Å²) in [6.07, 6.45) is -4.29. The summed E-state index contributed by atoms with van der Waals surface area (Å²) in [5.41, 5.74) is 11.3. The summed E-state index contributed by atoms with van der Waals surface area (Å²) in [5, 5.41) is 5.29. The second kappa shape index (κ2) is 10.0. The number of carbonyl (C=O) groups is 1. The third-order valence-electron chi connectivity index (χ3n) is 6.25. The molecule has 0 radical (unpaired) electrons. The quantitative estimate of drug-likeness (QED) is 0.282. The van der Waals surface area contributed by atoms with E-state index in [2.05, 4.69) is 4.99 Å². The first-order valence-corrected chi connectivity index (χ1v) is 13.2. The number of nitrogens with zero attached hydrogens (tertiary/aromatic N) is 3. The van der Waals surface area contributed by atoms with E-state index in [0.717, 1.165) is 0 Å². The van der Waals surface area contributed by atoms with Gasteiger partial charge in [0.15, 0.2) is 0 Å². The van der Waals surface area contributed by atoms with E-state index in [-0.39, 0.29) is 22.3 Å². The van der Waals surface area contributed by atoms with Crippen LogP contribution in [0.15, 0.2) is 93.4 Å². The van der Waals surface area contributed by atoms with Crippen LogP contribution in [-0.2, 0) is 16.2 Å². The summed E-state index contributed by atoms with van der Waals surface area (Å²) < 4.78 is 83.8. The van der Waals surface area contributed by atoms with Crippen molar-refractivity contribution in [3.05, 3.63) is 102 Å². The highest BCUT2D eigenvalue weighted by atomic mass is 32.2. The number of nitrogens with two attached hydrogens (primary N) is 3. The lowest BCUT2D eigenvalue weighted by molar-refractivity contribution is -0.137. The molecule has 4 aromatic rings. The first kappa shape index (κ1) is 27.8. The standard InChI is InChI=1S/C26H20F4N6O4S/c27-20-9-4-15(26(28,29)30)13-21(20)35(25(32)37)16-5-7-17(8-6-16)36-22(31)19-10-11-40-24(19)34-23(36)14-2-1-3-18(12-14)41(33,38)39/h1-13,22H,31H2,(H2,32,37)(H2,33,38,39). The average Bonchev–Trinajstić information content (AvgIpc) is 3.38. The van der Waals surface area contributed by atoms with Crippen molar-refractivity contribution in [1.82, 2.24) is 0 Å². The normalized spacial score (nSPS) is 15.3. The highest BCUT2D eigenvalue weighted by Gasteiger charge is 2.34. The highest BCUT2D eigenvalue weighted by molar-refractivity contribution is 7.89. The van der Waals surface area contributed by atoms with Crippen LogP contribution in [0.3, 0.4) is 0 Å². The fourth-order valence-corrected chi connectivity index (χ4v) is 4.91. The summed E-state index contributed by atoms with van der Waals surface area (Å²) in [6, 6.07) is 13.3. The topological polar surface area (TPSA) is 161 Å². The van der Waals surface area contributed by atoms with Crippen molar-refractivity contribution in [2.45, 2.75) is 17.2 Å². The Morgan fingerprint density at radius 2 is 1.73 bits per heavy atom. The van der Waals surface area contributed by atoms with Crippen LogP contribution in [0.1, 0.15) is 22.9 Å². The molecule has 0 bridgehead atoms. The Hall–Kier alpha value is -4.73. The number of benzene rings is 3. The van der Waals surface area contributed by atoms with Gasteiger partial charge >= 0.3 is 12.2 Å². The number of amidine groups is 1. The van der Waals surface area contributed by atoms with Gasteiger partial charge in [0.1, 0.15) is 17.8 Å². The van der Waals surface area contributed by atoms with Crippen molar-refractivity contribution >= 4 is 44.8 Å². The molecule has 1 aliphatic rings. The van der Waals surface area contributed by atoms with Crippen LogP contribution in [0, 0.1) is 5.82 Å². The first-order valence-electron chi connectivity index (χ1n) is 11.7. The Balaban J connectivity index is 1.58. The Bertz CT molecular complexity index is 1790. The predicted octanol–water partition coefficient (Wildman–Crippen LogP) is 4.86. The van der Waals surface area contributed by atoms with Gasteiger partial charge in [0.05, 0.1) is 33.7 Å². The molecule has 0 fully saturated rings. The van der Waals surface area contributed by atoms with Crippen LogP contribution < -0.4 is 26.4 Å². The minimum absolute atomic E-state index is 0.0382. The fraction of sp³-hybridized carbons (Fsp3) is 0.0769. The number of anilines is 3. The smallest absolute Gasteiger partial charge is 0.416 e. The molecule has 2 amide bonds. The number of alkyl halides is 3. The Morgan fingerprint density at radius 1 is 1.02 bits per heavy atom. The maximum Gasteiger partial charge on any atom is 0.416 e. The van der Waals surface area contributed by atoms with Crippen molar-refractivity contribution in [3.8, 4) is 0 Å². The molecule has 0 spiro atoms. The lowest BCUT2D eigenvalue weighted by Crippen LogP contribution is -2.42. The molecule has 0 aliphatic carbocycles. The van der Waals surface area contributed by atoms with Crippen LogP contribution in [0.2, 0.25) is 0 Å². The molecule has 212 valence electrons. The van der Waals surface area contributed by atoms with Gasteiger partial charge in [0, 0.05) is 11.3 Å². The number of hydrogen-bond acceptors (Lipinski definition) is 7. The molecule has 1 atom stereocenters. The summed E-state index contributed by atoms with van der Waals surface area (Å²) >= 11 is 0. The molecule has 10 nitrogen and oxygen atoms in total. The molecular weight excluding hydrogens is 568 g/mol. The van der Waals surface area contributed by atoms with Gasteiger partial charge in [-0.3, -0.25) is 4.90 Å². The lowest BCUT2D eigenvalue weighted by atomic mass is 10.1. The number of urea groups is 1. The number of primary amides is 1. The van der Waals surface area contributed by atoms with Gasteiger partial charge in [-0.05, 0) is 60.7 Å². The zero-order valence-corrected chi connectivity index (χ0v) is 21.5. The zero-order valence-electron chi connectivity index (χ0n) is 20.7. The van der Waals surface area contributed by atoms with Gasteiger partial charge in [0.25, 0.3) is 0 Å². The van der Waals surface area contributed by atoms with E-state index in [1.807, 2.05) is 0 Å². The van der Waals surface area contributed by atoms with Gasteiger partial charge in [-0.15, -0.1) is 0 Å². The highest BCUT2D eigenvalue weighted by Crippen LogP contribution is 2.39. The predicted molar refractivity (Wildman–Crippen MR) is 142 cm³/mol. The molecule has 1 aliphatic heterocycles. The van der Waals surface area contributed by atoms with Crippen molar-refractivity contribution in [2.75, 3.05) is 9.80 Å². The van der Waals surface area contributed by atoms with Crippen molar-refractivity contribution in [3.63, 3.8) is 0 Å². The largest absolute Gasteiger partial charge is 0.446 e. The van der Waals surface area contributed by atoms with Crippen molar-refractivity contribution < 1.29 is 35.2 Å². The van der Waals surface area contributed by atoms with Crippen LogP contribution >= 0.6 is 0 Å². The molecular formula is C26H20F4N6O4S. The van der Waals surface area contributed by atoms with E-state index >= 15 is 0 Å². The van der Waals surface area contributed by atoms with Crippen molar-refractivity contribution in [2.24, 2.45) is 21.6 Å². The number of rotatable bonds is 5. The minimum Gasteiger partial charge on any atom is -0.446 e. The number of hydrogen-bond donors (Lipinski definition) is 3. The molecule has 6 N–H and O–H groups in total. The molecule has 5 rings (SSSR count). The number of fused-ring (bicyclic) bond motifs is 1. The van der Waals surface area contributed by atoms with Crippen LogP contribution in [-0.4, -0.2) is 20.3 Å².